The molecule has 0 N–H and O–H groups in total. The van der Waals surface area contributed by atoms with Crippen LogP contribution in [0.5, 0.6) is 0 Å². The Labute approximate surface area is 114 Å². The SMILES string of the molecule is CSC1=NC(C)(C)C(=O)N1c1ccccc1[N+](=O)[O-]. The second kappa shape index (κ2) is 4.65. The summed E-state index contributed by atoms with van der Waals surface area (Å²) in [6.45, 7) is 3.39. The molecule has 0 spiro atoms. The number of nitrogens with zero attached hydrogens (tertiary/aromatic N) is 3. The van der Waals surface area contributed by atoms with Crippen LogP contribution in [0.3, 0.4) is 0 Å². The monoisotopic (exact) mass is 279 g/mol. The van der Waals surface area contributed by atoms with Gasteiger partial charge in [0.2, 0.25) is 0 Å². The van der Waals surface area contributed by atoms with Gasteiger partial charge in [-0.15, -0.1) is 0 Å². The van der Waals surface area contributed by atoms with Crippen molar-refractivity contribution < 1.29 is 9.72 Å². The minimum atomic E-state index is -0.887. The minimum Gasteiger partial charge on any atom is -0.271 e. The van der Waals surface area contributed by atoms with E-state index in [9.17, 15) is 14.9 Å². The Hall–Kier alpha value is -1.89. The van der Waals surface area contributed by atoms with Gasteiger partial charge in [0.15, 0.2) is 5.17 Å². The van der Waals surface area contributed by atoms with Crippen molar-refractivity contribution in [1.29, 1.82) is 0 Å². The van der Waals surface area contributed by atoms with Gasteiger partial charge in [0.1, 0.15) is 11.2 Å². The molecule has 1 heterocycles. The molecular weight excluding hydrogens is 266 g/mol. The number of thioether (sulfide) groups is 1. The number of amidine groups is 1. The van der Waals surface area contributed by atoms with Gasteiger partial charge in [-0.05, 0) is 26.2 Å². The number of anilines is 1. The van der Waals surface area contributed by atoms with Gasteiger partial charge >= 0.3 is 0 Å². The van der Waals surface area contributed by atoms with Gasteiger partial charge in [0.05, 0.1) is 4.92 Å². The number of nitro groups is 1. The summed E-state index contributed by atoms with van der Waals surface area (Å²) in [6.07, 6.45) is 1.79. The molecule has 2 rings (SSSR count). The molecule has 0 fully saturated rings. The lowest BCUT2D eigenvalue weighted by atomic mass is 10.1. The van der Waals surface area contributed by atoms with Crippen LogP contribution in [0.25, 0.3) is 0 Å². The largest absolute Gasteiger partial charge is 0.293 e. The first kappa shape index (κ1) is 13.5. The van der Waals surface area contributed by atoms with Gasteiger partial charge in [-0.25, -0.2) is 4.99 Å². The smallest absolute Gasteiger partial charge is 0.271 e. The van der Waals surface area contributed by atoms with E-state index in [2.05, 4.69) is 4.99 Å². The molecule has 6 nitrogen and oxygen atoms in total. The third-order valence-electron chi connectivity index (χ3n) is 2.79. The first-order valence-corrected chi connectivity index (χ1v) is 6.83. The molecule has 1 aromatic rings. The van der Waals surface area contributed by atoms with Crippen LogP contribution in [-0.4, -0.2) is 27.8 Å². The van der Waals surface area contributed by atoms with Crippen molar-refractivity contribution in [3.8, 4) is 0 Å². The molecule has 0 saturated heterocycles. The molecule has 0 radical (unpaired) electrons. The Balaban J connectivity index is 2.57. The zero-order chi connectivity index (χ0) is 14.2. The van der Waals surface area contributed by atoms with Crippen LogP contribution in [-0.2, 0) is 4.79 Å². The Kier molecular flexibility index (Phi) is 3.32. The maximum Gasteiger partial charge on any atom is 0.293 e. The van der Waals surface area contributed by atoms with E-state index in [0.717, 1.165) is 0 Å². The normalized spacial score (nSPS) is 17.5. The predicted molar refractivity (Wildman–Crippen MR) is 75.6 cm³/mol. The fraction of sp³-hybridized carbons (Fsp3) is 0.333. The van der Waals surface area contributed by atoms with E-state index < -0.39 is 10.5 Å². The van der Waals surface area contributed by atoms with Gasteiger partial charge in [0, 0.05) is 6.07 Å². The van der Waals surface area contributed by atoms with Crippen molar-refractivity contribution in [3.05, 3.63) is 34.4 Å². The summed E-state index contributed by atoms with van der Waals surface area (Å²) in [4.78, 5) is 28.5. The van der Waals surface area contributed by atoms with E-state index in [4.69, 9.17) is 0 Å². The predicted octanol–water partition coefficient (Wildman–Crippen LogP) is 2.44. The van der Waals surface area contributed by atoms with E-state index in [1.54, 1.807) is 38.3 Å². The molecular formula is C12H13N3O3S. The standard InChI is InChI=1S/C12H13N3O3S/c1-12(2)10(16)14(11(13-12)19-3)8-6-4-5-7-9(8)15(17)18/h4-7H,1-3H3. The lowest BCUT2D eigenvalue weighted by Gasteiger charge is -2.19. The zero-order valence-corrected chi connectivity index (χ0v) is 11.6. The summed E-state index contributed by atoms with van der Waals surface area (Å²) < 4.78 is 0. The molecule has 0 atom stereocenters. The third kappa shape index (κ3) is 2.21. The summed E-state index contributed by atoms with van der Waals surface area (Å²) in [6, 6.07) is 6.18. The van der Waals surface area contributed by atoms with E-state index in [1.807, 2.05) is 0 Å². The first-order valence-electron chi connectivity index (χ1n) is 5.60. The second-order valence-corrected chi connectivity index (χ2v) is 5.32. The van der Waals surface area contributed by atoms with Crippen molar-refractivity contribution in [1.82, 2.24) is 0 Å². The van der Waals surface area contributed by atoms with Crippen molar-refractivity contribution in [2.24, 2.45) is 4.99 Å². The Morgan fingerprint density at radius 1 is 1.37 bits per heavy atom. The van der Waals surface area contributed by atoms with E-state index in [0.29, 0.717) is 5.17 Å². The van der Waals surface area contributed by atoms with Crippen LogP contribution < -0.4 is 4.90 Å². The number of rotatable bonds is 2. The van der Waals surface area contributed by atoms with Gasteiger partial charge in [-0.3, -0.25) is 19.8 Å². The summed E-state index contributed by atoms with van der Waals surface area (Å²) >= 11 is 1.29. The summed E-state index contributed by atoms with van der Waals surface area (Å²) in [5.74, 6) is -0.258. The van der Waals surface area contributed by atoms with Crippen molar-refractivity contribution in [3.63, 3.8) is 0 Å². The molecule has 1 aliphatic rings. The summed E-state index contributed by atoms with van der Waals surface area (Å²) in [7, 11) is 0. The molecule has 0 bridgehead atoms. The highest BCUT2D eigenvalue weighted by molar-refractivity contribution is 8.13. The fourth-order valence-electron chi connectivity index (χ4n) is 1.85. The van der Waals surface area contributed by atoms with Crippen molar-refractivity contribution in [2.45, 2.75) is 19.4 Å². The maximum atomic E-state index is 12.3. The Morgan fingerprint density at radius 3 is 2.58 bits per heavy atom. The number of benzene rings is 1. The van der Waals surface area contributed by atoms with E-state index >= 15 is 0 Å². The average Bonchev–Trinajstić information content (AvgIpc) is 2.60. The third-order valence-corrected chi connectivity index (χ3v) is 3.43. The number of para-hydroxylation sites is 2. The van der Waals surface area contributed by atoms with Gasteiger partial charge in [0.25, 0.3) is 11.6 Å². The van der Waals surface area contributed by atoms with E-state index in [-0.39, 0.29) is 17.3 Å². The lowest BCUT2D eigenvalue weighted by molar-refractivity contribution is -0.384. The average molecular weight is 279 g/mol. The molecule has 7 heteroatoms. The molecule has 1 aromatic carbocycles. The number of aliphatic imine (C=N–C) groups is 1. The summed E-state index contributed by atoms with van der Waals surface area (Å²) in [5, 5.41) is 11.5. The molecule has 100 valence electrons. The second-order valence-electron chi connectivity index (χ2n) is 4.54. The molecule has 0 saturated carbocycles. The van der Waals surface area contributed by atoms with Gasteiger partial charge in [-0.1, -0.05) is 23.9 Å². The molecule has 0 aliphatic carbocycles. The molecule has 0 unspecified atom stereocenters. The van der Waals surface area contributed by atoms with Crippen LogP contribution in [0.1, 0.15) is 13.8 Å². The number of carbonyl (C=O) groups excluding carboxylic acids is 1. The molecule has 1 aliphatic heterocycles. The van der Waals surface area contributed by atoms with Crippen LogP contribution >= 0.6 is 11.8 Å². The van der Waals surface area contributed by atoms with Crippen molar-refractivity contribution >= 4 is 34.2 Å². The van der Waals surface area contributed by atoms with Crippen LogP contribution in [0.4, 0.5) is 11.4 Å². The maximum absolute atomic E-state index is 12.3. The lowest BCUT2D eigenvalue weighted by Crippen LogP contribution is -2.38. The number of hydrogen-bond donors (Lipinski definition) is 0. The quantitative estimate of drug-likeness (QED) is 0.615. The highest BCUT2D eigenvalue weighted by Gasteiger charge is 2.43. The fourth-order valence-corrected chi connectivity index (χ4v) is 2.54. The number of carbonyl (C=O) groups is 1. The number of nitro benzene ring substituents is 1. The Morgan fingerprint density at radius 2 is 2.00 bits per heavy atom. The van der Waals surface area contributed by atoms with E-state index in [1.165, 1.54) is 22.7 Å². The summed E-state index contributed by atoms with van der Waals surface area (Å²) in [5.41, 5.74) is -0.728. The Bertz CT molecular complexity index is 583. The van der Waals surface area contributed by atoms with Crippen molar-refractivity contribution in [2.75, 3.05) is 11.2 Å². The highest BCUT2D eigenvalue weighted by Crippen LogP contribution is 2.35. The van der Waals surface area contributed by atoms with Gasteiger partial charge in [-0.2, -0.15) is 0 Å². The van der Waals surface area contributed by atoms with Gasteiger partial charge < -0.3 is 0 Å². The zero-order valence-electron chi connectivity index (χ0n) is 10.8. The van der Waals surface area contributed by atoms with Crippen LogP contribution in [0, 0.1) is 10.1 Å². The van der Waals surface area contributed by atoms with Crippen LogP contribution in [0.2, 0.25) is 0 Å². The first-order chi connectivity index (χ1) is 8.88. The number of hydrogen-bond acceptors (Lipinski definition) is 5. The molecule has 1 amide bonds. The molecule has 19 heavy (non-hydrogen) atoms. The molecule has 0 aromatic heterocycles. The minimum absolute atomic E-state index is 0.102. The highest BCUT2D eigenvalue weighted by atomic mass is 32.2. The number of amides is 1. The van der Waals surface area contributed by atoms with Crippen LogP contribution in [0.15, 0.2) is 29.3 Å². The topological polar surface area (TPSA) is 75.8 Å².